The molecule has 0 bridgehead atoms. The van der Waals surface area contributed by atoms with Gasteiger partial charge in [-0.3, -0.25) is 0 Å². The first-order valence-electron chi connectivity index (χ1n) is 13.8. The van der Waals surface area contributed by atoms with E-state index in [2.05, 4.69) is 0 Å². The van der Waals surface area contributed by atoms with Crippen molar-refractivity contribution in [2.45, 2.75) is 40.0 Å². The quantitative estimate of drug-likeness (QED) is 0.137. The number of carbonyl (C=O) groups excluding carboxylic acids is 2. The molecule has 0 fully saturated rings. The molecule has 10 heteroatoms. The third kappa shape index (κ3) is 8.22. The number of carbonyl (C=O) groups is 2. The summed E-state index contributed by atoms with van der Waals surface area (Å²) in [4.78, 5) is 26.4. The van der Waals surface area contributed by atoms with Crippen LogP contribution in [-0.4, -0.2) is 53.1 Å². The first kappa shape index (κ1) is 31.9. The first-order chi connectivity index (χ1) is 20.4. The Balaban J connectivity index is 1.83. The largest absolute Gasteiger partial charge is 0.496 e. The minimum absolute atomic E-state index is 0.0990. The van der Waals surface area contributed by atoms with Gasteiger partial charge in [0.25, 0.3) is 0 Å². The van der Waals surface area contributed by atoms with Crippen molar-refractivity contribution in [2.24, 2.45) is 0 Å². The van der Waals surface area contributed by atoms with Crippen molar-refractivity contribution in [1.29, 1.82) is 0 Å². The van der Waals surface area contributed by atoms with Crippen LogP contribution in [0.15, 0.2) is 48.5 Å². The van der Waals surface area contributed by atoms with E-state index in [9.17, 15) is 9.59 Å². The van der Waals surface area contributed by atoms with Crippen molar-refractivity contribution in [3.05, 3.63) is 59.7 Å². The van der Waals surface area contributed by atoms with E-state index in [1.165, 1.54) is 45.6 Å². The molecule has 3 aromatic carbocycles. The van der Waals surface area contributed by atoms with Crippen LogP contribution >= 0.6 is 0 Å². The highest BCUT2D eigenvalue weighted by Gasteiger charge is 2.25. The molecule has 10 nitrogen and oxygen atoms in total. The first-order valence-corrected chi connectivity index (χ1v) is 13.8. The molecule has 3 rings (SSSR count). The minimum Gasteiger partial charge on any atom is -0.496 e. The van der Waals surface area contributed by atoms with Crippen LogP contribution in [0.5, 0.6) is 46.0 Å². The normalized spacial score (nSPS) is 10.4. The number of benzene rings is 3. The summed E-state index contributed by atoms with van der Waals surface area (Å²) in [5.41, 5.74) is 0.261. The summed E-state index contributed by atoms with van der Waals surface area (Å²) in [5, 5.41) is 0. The van der Waals surface area contributed by atoms with Crippen LogP contribution in [0.25, 0.3) is 0 Å². The van der Waals surface area contributed by atoms with Gasteiger partial charge in [0.05, 0.1) is 41.2 Å². The molecule has 0 atom stereocenters. The predicted octanol–water partition coefficient (Wildman–Crippen LogP) is 6.52. The minimum atomic E-state index is -0.697. The van der Waals surface area contributed by atoms with E-state index in [1.54, 1.807) is 24.3 Å². The zero-order valence-corrected chi connectivity index (χ0v) is 24.9. The molecule has 0 unspecified atom stereocenters. The highest BCUT2D eigenvalue weighted by atomic mass is 16.6. The van der Waals surface area contributed by atoms with Gasteiger partial charge in [0.15, 0.2) is 0 Å². The Kier molecular flexibility index (Phi) is 12.2. The zero-order chi connectivity index (χ0) is 30.5. The van der Waals surface area contributed by atoms with Gasteiger partial charge in [-0.15, -0.1) is 0 Å². The Hall–Kier alpha value is -4.60. The number of esters is 2. The lowest BCUT2D eigenvalue weighted by Gasteiger charge is -2.17. The molecule has 226 valence electrons. The molecule has 0 radical (unpaired) electrons. The molecule has 0 aliphatic heterocycles. The van der Waals surface area contributed by atoms with Crippen molar-refractivity contribution in [3.63, 3.8) is 0 Å². The van der Waals surface area contributed by atoms with Gasteiger partial charge in [-0.05, 0) is 43.5 Å². The van der Waals surface area contributed by atoms with Crippen molar-refractivity contribution in [2.75, 3.05) is 41.2 Å². The van der Waals surface area contributed by atoms with E-state index in [-0.39, 0.29) is 34.1 Å². The summed E-state index contributed by atoms with van der Waals surface area (Å²) >= 11 is 0. The van der Waals surface area contributed by atoms with Gasteiger partial charge in [-0.2, -0.15) is 0 Å². The molecule has 0 aliphatic carbocycles. The Bertz CT molecular complexity index is 1280. The standard InChI is InChI=1S/C32H38O10/c1-7-14-38-24-19-27(39-15-8-2)30(28(20-24)40-16-9-3)32(34)42-22-12-10-21(11-13-22)41-31(33)29-25(36-5)17-23(35-4)18-26(29)37-6/h10-13,17-20H,7-9,14-16H2,1-6H3. The highest BCUT2D eigenvalue weighted by Crippen LogP contribution is 2.37. The van der Waals surface area contributed by atoms with Gasteiger partial charge in [0.1, 0.15) is 57.1 Å². The molecule has 42 heavy (non-hydrogen) atoms. The second-order valence-corrected chi connectivity index (χ2v) is 9.00. The number of ether oxygens (including phenoxy) is 8. The molecule has 0 amide bonds. The maximum absolute atomic E-state index is 13.4. The fraction of sp³-hybridized carbons (Fsp3) is 0.375. The third-order valence-electron chi connectivity index (χ3n) is 5.80. The van der Waals surface area contributed by atoms with E-state index in [4.69, 9.17) is 37.9 Å². The third-order valence-corrected chi connectivity index (χ3v) is 5.80. The van der Waals surface area contributed by atoms with Crippen LogP contribution in [-0.2, 0) is 0 Å². The van der Waals surface area contributed by atoms with Crippen molar-refractivity contribution in [1.82, 2.24) is 0 Å². The average molecular weight is 583 g/mol. The number of methoxy groups -OCH3 is 3. The number of rotatable bonds is 16. The molecular weight excluding hydrogens is 544 g/mol. The smallest absolute Gasteiger partial charge is 0.351 e. The number of hydrogen-bond acceptors (Lipinski definition) is 10. The monoisotopic (exact) mass is 582 g/mol. The summed E-state index contributed by atoms with van der Waals surface area (Å²) in [7, 11) is 4.35. The lowest BCUT2D eigenvalue weighted by atomic mass is 10.1. The Morgan fingerprint density at radius 1 is 0.500 bits per heavy atom. The van der Waals surface area contributed by atoms with Crippen molar-refractivity contribution < 1.29 is 47.5 Å². The Morgan fingerprint density at radius 3 is 1.26 bits per heavy atom. The molecule has 0 heterocycles. The summed E-state index contributed by atoms with van der Waals surface area (Å²) in [6.07, 6.45) is 2.31. The van der Waals surface area contributed by atoms with Gasteiger partial charge < -0.3 is 37.9 Å². The summed E-state index contributed by atoms with van der Waals surface area (Å²) in [6, 6.07) is 12.5. The second-order valence-electron chi connectivity index (χ2n) is 9.00. The SMILES string of the molecule is CCCOc1cc(OCCC)c(C(=O)Oc2ccc(OC(=O)c3c(OC)cc(OC)cc3OC)cc2)c(OCCC)c1. The second kappa shape index (κ2) is 16.0. The topological polar surface area (TPSA) is 108 Å². The Labute approximate surface area is 246 Å². The van der Waals surface area contributed by atoms with E-state index in [0.717, 1.165) is 19.3 Å². The van der Waals surface area contributed by atoms with Crippen LogP contribution < -0.4 is 37.9 Å². The maximum atomic E-state index is 13.4. The van der Waals surface area contributed by atoms with Gasteiger partial charge >= 0.3 is 11.9 Å². The van der Waals surface area contributed by atoms with Crippen molar-refractivity contribution >= 4 is 11.9 Å². The molecule has 0 aliphatic rings. The van der Waals surface area contributed by atoms with E-state index in [1.807, 2.05) is 20.8 Å². The van der Waals surface area contributed by atoms with Crippen LogP contribution in [0.1, 0.15) is 60.7 Å². The van der Waals surface area contributed by atoms with E-state index in [0.29, 0.717) is 42.8 Å². The predicted molar refractivity (Wildman–Crippen MR) is 156 cm³/mol. The summed E-state index contributed by atoms with van der Waals surface area (Å²) in [5.74, 6) is 1.19. The lowest BCUT2D eigenvalue weighted by molar-refractivity contribution is 0.0710. The zero-order valence-electron chi connectivity index (χ0n) is 24.9. The molecular formula is C32H38O10. The molecule has 0 spiro atoms. The van der Waals surface area contributed by atoms with Crippen molar-refractivity contribution in [3.8, 4) is 46.0 Å². The molecule has 0 saturated carbocycles. The van der Waals surface area contributed by atoms with Crippen LogP contribution in [0.2, 0.25) is 0 Å². The molecule has 0 aromatic heterocycles. The van der Waals surface area contributed by atoms with Crippen LogP contribution in [0, 0.1) is 0 Å². The highest BCUT2D eigenvalue weighted by molar-refractivity contribution is 5.98. The molecule has 0 saturated heterocycles. The average Bonchev–Trinajstić information content (AvgIpc) is 3.01. The fourth-order valence-electron chi connectivity index (χ4n) is 3.82. The van der Waals surface area contributed by atoms with Gasteiger partial charge in [-0.1, -0.05) is 20.8 Å². The number of hydrogen-bond donors (Lipinski definition) is 0. The molecule has 0 N–H and O–H groups in total. The van der Waals surface area contributed by atoms with E-state index < -0.39 is 11.9 Å². The van der Waals surface area contributed by atoms with E-state index >= 15 is 0 Å². The summed E-state index contributed by atoms with van der Waals surface area (Å²) in [6.45, 7) is 7.26. The van der Waals surface area contributed by atoms with Gasteiger partial charge in [0, 0.05) is 24.3 Å². The van der Waals surface area contributed by atoms with Gasteiger partial charge in [-0.25, -0.2) is 9.59 Å². The van der Waals surface area contributed by atoms with Gasteiger partial charge in [0.2, 0.25) is 0 Å². The van der Waals surface area contributed by atoms with Crippen LogP contribution in [0.4, 0.5) is 0 Å². The summed E-state index contributed by atoms with van der Waals surface area (Å²) < 4.78 is 44.7. The maximum Gasteiger partial charge on any atom is 0.351 e. The lowest BCUT2D eigenvalue weighted by Crippen LogP contribution is -2.14. The van der Waals surface area contributed by atoms with Crippen LogP contribution in [0.3, 0.4) is 0 Å². The fourth-order valence-corrected chi connectivity index (χ4v) is 3.82. The molecule has 3 aromatic rings. The Morgan fingerprint density at radius 2 is 0.881 bits per heavy atom.